The third-order valence-electron chi connectivity index (χ3n) is 6.52. The first kappa shape index (κ1) is 25.4. The molecule has 1 aliphatic rings. The number of morpholine rings is 1. The molecule has 3 heterocycles. The molecule has 0 saturated carbocycles. The number of halogens is 3. The van der Waals surface area contributed by atoms with Crippen molar-refractivity contribution in [2.45, 2.75) is 65.6 Å². The number of carbonyl (C=O) groups excluding carboxylic acids is 1. The Morgan fingerprint density at radius 2 is 1.82 bits per heavy atom. The van der Waals surface area contributed by atoms with E-state index in [0.717, 1.165) is 30.4 Å². The van der Waals surface area contributed by atoms with Crippen molar-refractivity contribution in [1.29, 1.82) is 0 Å². The van der Waals surface area contributed by atoms with E-state index in [9.17, 15) is 18.0 Å². The van der Waals surface area contributed by atoms with Crippen molar-refractivity contribution in [2.75, 3.05) is 32.8 Å². The molecule has 3 rings (SSSR count). The second kappa shape index (κ2) is 10.8. The fourth-order valence-electron chi connectivity index (χ4n) is 4.57. The van der Waals surface area contributed by atoms with Crippen LogP contribution in [0.5, 0.6) is 0 Å². The highest BCUT2D eigenvalue weighted by Gasteiger charge is 2.37. The molecule has 2 aromatic rings. The Bertz CT molecular complexity index is 952. The van der Waals surface area contributed by atoms with Gasteiger partial charge in [-0.3, -0.25) is 9.69 Å². The number of alkyl halides is 3. The summed E-state index contributed by atoms with van der Waals surface area (Å²) in [5, 5.41) is 6.64. The van der Waals surface area contributed by atoms with E-state index in [2.05, 4.69) is 39.1 Å². The second-order valence-corrected chi connectivity index (χ2v) is 8.50. The van der Waals surface area contributed by atoms with Gasteiger partial charge in [-0.15, -0.1) is 5.10 Å². The number of nitrogens with zero attached hydrogens (tertiary/aromatic N) is 5. The Morgan fingerprint density at radius 3 is 2.42 bits per heavy atom. The predicted molar refractivity (Wildman–Crippen MR) is 117 cm³/mol. The van der Waals surface area contributed by atoms with E-state index in [0.29, 0.717) is 49.0 Å². The third-order valence-corrected chi connectivity index (χ3v) is 6.52. The van der Waals surface area contributed by atoms with E-state index in [1.165, 1.54) is 0 Å². The zero-order valence-electron chi connectivity index (χ0n) is 19.7. The number of ether oxygens (including phenoxy) is 1. The van der Waals surface area contributed by atoms with Crippen molar-refractivity contribution in [3.05, 3.63) is 22.8 Å². The van der Waals surface area contributed by atoms with E-state index >= 15 is 0 Å². The van der Waals surface area contributed by atoms with Gasteiger partial charge in [-0.25, -0.2) is 9.50 Å². The van der Waals surface area contributed by atoms with Crippen LogP contribution in [0.2, 0.25) is 0 Å². The molecule has 1 aliphatic heterocycles. The summed E-state index contributed by atoms with van der Waals surface area (Å²) in [7, 11) is 0. The summed E-state index contributed by atoms with van der Waals surface area (Å²) in [5.74, 6) is -0.922. The van der Waals surface area contributed by atoms with Crippen LogP contribution >= 0.6 is 0 Å². The Hall–Kier alpha value is -2.27. The van der Waals surface area contributed by atoms with E-state index < -0.39 is 12.0 Å². The number of nitrogens with one attached hydrogen (secondary N) is 1. The largest absolute Gasteiger partial charge is 0.453 e. The Labute approximate surface area is 191 Å². The monoisotopic (exact) mass is 470 g/mol. The van der Waals surface area contributed by atoms with Gasteiger partial charge < -0.3 is 10.1 Å². The maximum absolute atomic E-state index is 13.0. The van der Waals surface area contributed by atoms with Gasteiger partial charge in [-0.2, -0.15) is 18.2 Å². The maximum atomic E-state index is 13.0. The van der Waals surface area contributed by atoms with Crippen molar-refractivity contribution in [2.24, 2.45) is 5.92 Å². The zero-order chi connectivity index (χ0) is 24.2. The SMILES string of the molecule is CCC(CC)C(CNC(=O)CCc1c(C)nc2nc(C(F)(F)F)nn2c1C)N1CCOCC1. The first-order chi connectivity index (χ1) is 15.7. The molecule has 11 heteroatoms. The number of hydrogen-bond donors (Lipinski definition) is 1. The summed E-state index contributed by atoms with van der Waals surface area (Å²) in [4.78, 5) is 22.7. The van der Waals surface area contributed by atoms with Gasteiger partial charge in [0, 0.05) is 43.5 Å². The van der Waals surface area contributed by atoms with E-state index in [1.807, 2.05) is 0 Å². The van der Waals surface area contributed by atoms with Crippen LogP contribution in [0.25, 0.3) is 5.78 Å². The highest BCUT2D eigenvalue weighted by atomic mass is 19.4. The van der Waals surface area contributed by atoms with E-state index in [4.69, 9.17) is 4.74 Å². The smallest absolute Gasteiger partial charge is 0.379 e. The van der Waals surface area contributed by atoms with Gasteiger partial charge in [0.25, 0.3) is 11.6 Å². The number of hydrogen-bond acceptors (Lipinski definition) is 6. The normalized spacial score (nSPS) is 16.5. The summed E-state index contributed by atoms with van der Waals surface area (Å²) in [5.41, 5.74) is 1.77. The van der Waals surface area contributed by atoms with E-state index in [1.54, 1.807) is 13.8 Å². The fraction of sp³-hybridized carbons (Fsp3) is 0.727. The van der Waals surface area contributed by atoms with Crippen LogP contribution in [0.4, 0.5) is 13.2 Å². The number of fused-ring (bicyclic) bond motifs is 1. The van der Waals surface area contributed by atoms with Crippen LogP contribution in [0.15, 0.2) is 0 Å². The third kappa shape index (κ3) is 6.00. The first-order valence-electron chi connectivity index (χ1n) is 11.5. The lowest BCUT2D eigenvalue weighted by molar-refractivity contribution is -0.144. The number of amides is 1. The molecule has 33 heavy (non-hydrogen) atoms. The topological polar surface area (TPSA) is 84.7 Å². The molecule has 8 nitrogen and oxygen atoms in total. The molecule has 1 unspecified atom stereocenters. The van der Waals surface area contributed by atoms with Gasteiger partial charge in [0.05, 0.1) is 13.2 Å². The highest BCUT2D eigenvalue weighted by Crippen LogP contribution is 2.27. The zero-order valence-corrected chi connectivity index (χ0v) is 19.7. The number of carbonyl (C=O) groups is 1. The summed E-state index contributed by atoms with van der Waals surface area (Å²) in [6.07, 6.45) is -1.98. The highest BCUT2D eigenvalue weighted by molar-refractivity contribution is 5.76. The van der Waals surface area contributed by atoms with Crippen molar-refractivity contribution >= 4 is 11.7 Å². The number of aromatic nitrogens is 4. The minimum atomic E-state index is -4.64. The Kier molecular flexibility index (Phi) is 8.28. The van der Waals surface area contributed by atoms with Crippen LogP contribution in [0.3, 0.4) is 0 Å². The predicted octanol–water partition coefficient (Wildman–Crippen LogP) is 2.95. The minimum absolute atomic E-state index is 0.0901. The first-order valence-corrected chi connectivity index (χ1v) is 11.5. The van der Waals surface area contributed by atoms with Crippen molar-refractivity contribution in [3.63, 3.8) is 0 Å². The van der Waals surface area contributed by atoms with E-state index in [-0.39, 0.29) is 24.1 Å². The van der Waals surface area contributed by atoms with Gasteiger partial charge in [0.1, 0.15) is 0 Å². The molecular weight excluding hydrogens is 437 g/mol. The summed E-state index contributed by atoms with van der Waals surface area (Å²) >= 11 is 0. The molecular formula is C22H33F3N6O2. The molecule has 0 spiro atoms. The molecule has 1 saturated heterocycles. The second-order valence-electron chi connectivity index (χ2n) is 8.50. The van der Waals surface area contributed by atoms with Crippen LogP contribution in [0, 0.1) is 19.8 Å². The van der Waals surface area contributed by atoms with Gasteiger partial charge in [0.15, 0.2) is 0 Å². The molecule has 1 fully saturated rings. The summed E-state index contributed by atoms with van der Waals surface area (Å²) in [6.45, 7) is 11.4. The van der Waals surface area contributed by atoms with Gasteiger partial charge >= 0.3 is 6.18 Å². The minimum Gasteiger partial charge on any atom is -0.379 e. The van der Waals surface area contributed by atoms with Gasteiger partial charge in [-0.05, 0) is 31.7 Å². The maximum Gasteiger partial charge on any atom is 0.453 e. The van der Waals surface area contributed by atoms with Crippen LogP contribution in [0.1, 0.15) is 55.9 Å². The number of aryl methyl sites for hydroxylation is 2. The van der Waals surface area contributed by atoms with Gasteiger partial charge in [0.2, 0.25) is 5.91 Å². The molecule has 1 amide bonds. The Morgan fingerprint density at radius 1 is 1.15 bits per heavy atom. The van der Waals surface area contributed by atoms with Crippen molar-refractivity contribution < 1.29 is 22.7 Å². The molecule has 1 N–H and O–H groups in total. The molecule has 1 atom stereocenters. The van der Waals surface area contributed by atoms with Gasteiger partial charge in [-0.1, -0.05) is 26.7 Å². The lowest BCUT2D eigenvalue weighted by Crippen LogP contribution is -2.52. The average Bonchev–Trinajstić information content (AvgIpc) is 3.22. The number of rotatable bonds is 9. The molecule has 0 radical (unpaired) electrons. The lowest BCUT2D eigenvalue weighted by Gasteiger charge is -2.38. The summed E-state index contributed by atoms with van der Waals surface area (Å²) < 4.78 is 45.5. The quantitative estimate of drug-likeness (QED) is 0.607. The van der Waals surface area contributed by atoms with Crippen LogP contribution in [-0.2, 0) is 22.1 Å². The standard InChI is InChI=1S/C22H33F3N6O2/c1-5-16(6-2)18(30-9-11-33-12-10-30)13-26-19(32)8-7-17-14(3)27-21-28-20(22(23,24)25)29-31(21)15(17)4/h16,18H,5-13H2,1-4H3,(H,26,32). The molecule has 0 bridgehead atoms. The summed E-state index contributed by atoms with van der Waals surface area (Å²) in [6, 6.07) is 0.255. The lowest BCUT2D eigenvalue weighted by atomic mass is 9.92. The average molecular weight is 471 g/mol. The Balaban J connectivity index is 1.65. The van der Waals surface area contributed by atoms with Crippen LogP contribution in [-0.4, -0.2) is 69.3 Å². The fourth-order valence-corrected chi connectivity index (χ4v) is 4.57. The van der Waals surface area contributed by atoms with Crippen molar-refractivity contribution in [1.82, 2.24) is 29.8 Å². The molecule has 0 aromatic carbocycles. The van der Waals surface area contributed by atoms with Crippen LogP contribution < -0.4 is 5.32 Å². The molecule has 2 aromatic heterocycles. The molecule has 0 aliphatic carbocycles. The van der Waals surface area contributed by atoms with Crippen molar-refractivity contribution in [3.8, 4) is 0 Å². The molecule has 184 valence electrons.